The van der Waals surface area contributed by atoms with Crippen molar-refractivity contribution in [2.75, 3.05) is 13.2 Å². The molecule has 0 aliphatic carbocycles. The molecule has 0 spiro atoms. The molecule has 0 aromatic heterocycles. The zero-order chi connectivity index (χ0) is 14.7. The van der Waals surface area contributed by atoms with Crippen molar-refractivity contribution in [3.8, 4) is 5.75 Å². The summed E-state index contributed by atoms with van der Waals surface area (Å²) < 4.78 is 5.32. The van der Waals surface area contributed by atoms with Crippen molar-refractivity contribution in [3.63, 3.8) is 0 Å². The monoisotopic (exact) mass is 317 g/mol. The first kappa shape index (κ1) is 14.9. The highest BCUT2D eigenvalue weighted by Gasteiger charge is 2.34. The zero-order valence-electron chi connectivity index (χ0n) is 10.5. The summed E-state index contributed by atoms with van der Waals surface area (Å²) >= 11 is 11.8. The Morgan fingerprint density at radius 2 is 2.00 bits per heavy atom. The Morgan fingerprint density at radius 1 is 1.35 bits per heavy atom. The van der Waals surface area contributed by atoms with Gasteiger partial charge in [0.2, 0.25) is 0 Å². The maximum Gasteiger partial charge on any atom is 0.326 e. The smallest absolute Gasteiger partial charge is 0.326 e. The Kier molecular flexibility index (Phi) is 4.73. The topological polar surface area (TPSA) is 66.8 Å². The number of likely N-dealkylation sites (tertiary alicyclic amines) is 1. The number of amides is 1. The summed E-state index contributed by atoms with van der Waals surface area (Å²) in [6.45, 7) is 0.142. The third kappa shape index (κ3) is 3.16. The molecule has 1 heterocycles. The molecular weight excluding hydrogens is 305 g/mol. The summed E-state index contributed by atoms with van der Waals surface area (Å²) in [6.07, 6.45) is 1.14. The van der Waals surface area contributed by atoms with E-state index in [4.69, 9.17) is 33.0 Å². The van der Waals surface area contributed by atoms with Gasteiger partial charge in [0.15, 0.2) is 12.4 Å². The predicted molar refractivity (Wildman–Crippen MR) is 74.3 cm³/mol. The summed E-state index contributed by atoms with van der Waals surface area (Å²) in [4.78, 5) is 24.3. The Hall–Kier alpha value is -1.46. The van der Waals surface area contributed by atoms with Gasteiger partial charge in [0, 0.05) is 6.54 Å². The number of carboxylic acid groups (broad SMARTS) is 1. The van der Waals surface area contributed by atoms with Crippen LogP contribution in [0, 0.1) is 0 Å². The molecule has 7 heteroatoms. The second-order valence-electron chi connectivity index (χ2n) is 4.42. The molecule has 0 saturated carbocycles. The summed E-state index contributed by atoms with van der Waals surface area (Å²) in [5.74, 6) is -1.15. The van der Waals surface area contributed by atoms with E-state index >= 15 is 0 Å². The SMILES string of the molecule is O=C(O)C1CCCN1C(=O)COc1c(Cl)cccc1Cl. The van der Waals surface area contributed by atoms with Gasteiger partial charge >= 0.3 is 5.97 Å². The minimum absolute atomic E-state index is 0.232. The van der Waals surface area contributed by atoms with E-state index in [2.05, 4.69) is 0 Å². The normalized spacial score (nSPS) is 18.1. The van der Waals surface area contributed by atoms with Gasteiger partial charge < -0.3 is 14.7 Å². The fraction of sp³-hybridized carbons (Fsp3) is 0.385. The van der Waals surface area contributed by atoms with Crippen molar-refractivity contribution < 1.29 is 19.4 Å². The van der Waals surface area contributed by atoms with Gasteiger partial charge in [0.1, 0.15) is 6.04 Å². The van der Waals surface area contributed by atoms with Crippen LogP contribution in [0.25, 0.3) is 0 Å². The van der Waals surface area contributed by atoms with Gasteiger partial charge in [0.05, 0.1) is 10.0 Å². The maximum absolute atomic E-state index is 12.0. The van der Waals surface area contributed by atoms with Crippen LogP contribution in [0.2, 0.25) is 10.0 Å². The fourth-order valence-electron chi connectivity index (χ4n) is 2.16. The van der Waals surface area contributed by atoms with Crippen LogP contribution in [0.5, 0.6) is 5.75 Å². The van der Waals surface area contributed by atoms with Gasteiger partial charge in [-0.3, -0.25) is 4.79 Å². The van der Waals surface area contributed by atoms with Crippen LogP contribution in [-0.4, -0.2) is 41.1 Å². The number of hydrogen-bond donors (Lipinski definition) is 1. The lowest BCUT2D eigenvalue weighted by atomic mass is 10.2. The van der Waals surface area contributed by atoms with Crippen molar-refractivity contribution in [2.24, 2.45) is 0 Å². The van der Waals surface area contributed by atoms with Crippen molar-refractivity contribution in [1.82, 2.24) is 4.90 Å². The lowest BCUT2D eigenvalue weighted by Crippen LogP contribution is -2.42. The molecule has 1 saturated heterocycles. The Balaban J connectivity index is 2.00. The quantitative estimate of drug-likeness (QED) is 0.926. The molecule has 1 aromatic rings. The average molecular weight is 318 g/mol. The van der Waals surface area contributed by atoms with E-state index in [0.29, 0.717) is 29.4 Å². The molecule has 5 nitrogen and oxygen atoms in total. The molecule has 1 N–H and O–H groups in total. The number of rotatable bonds is 4. The van der Waals surface area contributed by atoms with Gasteiger partial charge in [0.25, 0.3) is 5.91 Å². The Labute approximate surface area is 126 Å². The summed E-state index contributed by atoms with van der Waals surface area (Å²) in [6, 6.07) is 4.10. The summed E-state index contributed by atoms with van der Waals surface area (Å²) in [5.41, 5.74) is 0. The highest BCUT2D eigenvalue weighted by molar-refractivity contribution is 6.37. The predicted octanol–water partition coefficient (Wildman–Crippen LogP) is 2.45. The highest BCUT2D eigenvalue weighted by Crippen LogP contribution is 2.32. The first-order chi connectivity index (χ1) is 9.50. The van der Waals surface area contributed by atoms with E-state index in [1.165, 1.54) is 4.90 Å². The van der Waals surface area contributed by atoms with Crippen LogP contribution < -0.4 is 4.74 Å². The minimum Gasteiger partial charge on any atom is -0.481 e. The zero-order valence-corrected chi connectivity index (χ0v) is 12.0. The molecule has 1 aromatic carbocycles. The number of benzene rings is 1. The number of carbonyl (C=O) groups is 2. The van der Waals surface area contributed by atoms with Gasteiger partial charge in [-0.15, -0.1) is 0 Å². The van der Waals surface area contributed by atoms with Crippen LogP contribution in [0.4, 0.5) is 0 Å². The molecule has 1 aliphatic heterocycles. The first-order valence-electron chi connectivity index (χ1n) is 6.10. The highest BCUT2D eigenvalue weighted by atomic mass is 35.5. The third-order valence-corrected chi connectivity index (χ3v) is 3.71. The van der Waals surface area contributed by atoms with Crippen molar-refractivity contribution >= 4 is 35.1 Å². The van der Waals surface area contributed by atoms with Crippen LogP contribution in [0.3, 0.4) is 0 Å². The number of hydrogen-bond acceptors (Lipinski definition) is 3. The number of halogens is 2. The summed E-state index contributed by atoms with van der Waals surface area (Å²) in [5, 5.41) is 9.64. The largest absolute Gasteiger partial charge is 0.481 e. The molecular formula is C13H13Cl2NO4. The Morgan fingerprint density at radius 3 is 2.60 bits per heavy atom. The number of ether oxygens (including phenoxy) is 1. The van der Waals surface area contributed by atoms with Gasteiger partial charge in [-0.05, 0) is 25.0 Å². The number of para-hydroxylation sites is 1. The molecule has 1 fully saturated rings. The molecule has 2 rings (SSSR count). The maximum atomic E-state index is 12.0. The van der Waals surface area contributed by atoms with Crippen molar-refractivity contribution in [2.45, 2.75) is 18.9 Å². The molecule has 1 unspecified atom stereocenters. The van der Waals surface area contributed by atoms with E-state index in [0.717, 1.165) is 0 Å². The molecule has 1 atom stereocenters. The molecule has 1 aliphatic rings. The molecule has 108 valence electrons. The Bertz CT molecular complexity index is 515. The van der Waals surface area contributed by atoms with Gasteiger partial charge in [-0.25, -0.2) is 4.79 Å². The number of nitrogens with zero attached hydrogens (tertiary/aromatic N) is 1. The van der Waals surface area contributed by atoms with E-state index in [1.807, 2.05) is 0 Å². The molecule has 1 amide bonds. The summed E-state index contributed by atoms with van der Waals surface area (Å²) in [7, 11) is 0. The molecule has 0 radical (unpaired) electrons. The minimum atomic E-state index is -0.994. The van der Waals surface area contributed by atoms with Gasteiger partial charge in [-0.2, -0.15) is 0 Å². The van der Waals surface area contributed by atoms with Crippen LogP contribution in [0.1, 0.15) is 12.8 Å². The standard InChI is InChI=1S/C13H13Cl2NO4/c14-8-3-1-4-9(15)12(8)20-7-11(17)16-6-2-5-10(16)13(18)19/h1,3-4,10H,2,5-7H2,(H,18,19). The van der Waals surface area contributed by atoms with E-state index < -0.39 is 12.0 Å². The fourth-order valence-corrected chi connectivity index (χ4v) is 2.67. The number of carboxylic acids is 1. The van der Waals surface area contributed by atoms with Crippen molar-refractivity contribution in [1.29, 1.82) is 0 Å². The lowest BCUT2D eigenvalue weighted by Gasteiger charge is -2.21. The third-order valence-electron chi connectivity index (χ3n) is 3.12. The average Bonchev–Trinajstić information content (AvgIpc) is 2.87. The number of carbonyl (C=O) groups excluding carboxylic acids is 1. The van der Waals surface area contributed by atoms with Gasteiger partial charge in [-0.1, -0.05) is 29.3 Å². The molecule has 0 bridgehead atoms. The second-order valence-corrected chi connectivity index (χ2v) is 5.24. The van der Waals surface area contributed by atoms with Crippen LogP contribution in [-0.2, 0) is 9.59 Å². The first-order valence-corrected chi connectivity index (χ1v) is 6.85. The molecule has 20 heavy (non-hydrogen) atoms. The van der Waals surface area contributed by atoms with E-state index in [9.17, 15) is 9.59 Å². The van der Waals surface area contributed by atoms with Crippen LogP contribution in [0.15, 0.2) is 18.2 Å². The van der Waals surface area contributed by atoms with E-state index in [1.54, 1.807) is 18.2 Å². The lowest BCUT2D eigenvalue weighted by molar-refractivity contribution is -0.148. The van der Waals surface area contributed by atoms with Crippen LogP contribution >= 0.6 is 23.2 Å². The number of aliphatic carboxylic acids is 1. The second kappa shape index (κ2) is 6.33. The van der Waals surface area contributed by atoms with E-state index in [-0.39, 0.29) is 18.3 Å². The van der Waals surface area contributed by atoms with Crippen molar-refractivity contribution in [3.05, 3.63) is 28.2 Å².